The van der Waals surface area contributed by atoms with E-state index in [1.807, 2.05) is 0 Å². The lowest BCUT2D eigenvalue weighted by Gasteiger charge is -2.44. The Kier molecular flexibility index (Phi) is 4.80. The Hall–Kier alpha value is -5.74. The summed E-state index contributed by atoms with van der Waals surface area (Å²) in [5.74, 6) is 0. The third-order valence-electron chi connectivity index (χ3n) is 9.40. The van der Waals surface area contributed by atoms with Crippen molar-refractivity contribution < 1.29 is 4.42 Å². The van der Waals surface area contributed by atoms with Gasteiger partial charge >= 0.3 is 0 Å². The van der Waals surface area contributed by atoms with Gasteiger partial charge in [-0.25, -0.2) is 0 Å². The van der Waals surface area contributed by atoms with Gasteiger partial charge in [-0.2, -0.15) is 0 Å². The molecule has 0 amide bonds. The topological polar surface area (TPSA) is 19.6 Å². The second-order valence-corrected chi connectivity index (χ2v) is 11.7. The first-order valence-corrected chi connectivity index (χ1v) is 15.1. The van der Waals surface area contributed by atoms with Gasteiger partial charge < -0.3 is 14.2 Å². The Labute approximate surface area is 255 Å². The summed E-state index contributed by atoms with van der Waals surface area (Å²) in [6.07, 6.45) is 0. The molecule has 8 aromatic rings. The minimum Gasteiger partial charge on any atom is -0.456 e. The second kappa shape index (κ2) is 8.89. The van der Waals surface area contributed by atoms with Crippen molar-refractivity contribution in [2.75, 3.05) is 9.80 Å². The van der Waals surface area contributed by atoms with Gasteiger partial charge in [0.2, 0.25) is 0 Å². The fourth-order valence-electron chi connectivity index (χ4n) is 7.56. The number of hydrogen-bond donors (Lipinski definition) is 0. The van der Waals surface area contributed by atoms with Crippen LogP contribution in [-0.4, -0.2) is 6.71 Å². The van der Waals surface area contributed by atoms with Gasteiger partial charge in [-0.05, 0) is 87.8 Å². The number of benzene rings is 7. The highest BCUT2D eigenvalue weighted by Gasteiger charge is 2.42. The summed E-state index contributed by atoms with van der Waals surface area (Å²) in [5, 5.41) is 4.70. The van der Waals surface area contributed by atoms with E-state index >= 15 is 0 Å². The van der Waals surface area contributed by atoms with Crippen LogP contribution in [0, 0.1) is 0 Å². The molecule has 10 rings (SSSR count). The molecule has 3 heterocycles. The maximum atomic E-state index is 6.53. The van der Waals surface area contributed by atoms with Crippen LogP contribution in [-0.2, 0) is 0 Å². The van der Waals surface area contributed by atoms with E-state index in [9.17, 15) is 0 Å². The monoisotopic (exact) mass is 560 g/mol. The Bertz CT molecular complexity index is 2430. The minimum atomic E-state index is 0.132. The van der Waals surface area contributed by atoms with E-state index in [-0.39, 0.29) is 6.71 Å². The van der Waals surface area contributed by atoms with Crippen molar-refractivity contribution in [3.05, 3.63) is 152 Å². The molecule has 0 aliphatic carbocycles. The lowest BCUT2D eigenvalue weighted by atomic mass is 9.33. The lowest BCUT2D eigenvalue weighted by Crippen LogP contribution is -2.61. The van der Waals surface area contributed by atoms with E-state index in [0.29, 0.717) is 0 Å². The molecule has 0 radical (unpaired) electrons. The largest absolute Gasteiger partial charge is 0.456 e. The Morgan fingerprint density at radius 1 is 0.409 bits per heavy atom. The first kappa shape index (κ1) is 23.8. The van der Waals surface area contributed by atoms with Crippen LogP contribution in [0.1, 0.15) is 0 Å². The quantitative estimate of drug-likeness (QED) is 0.197. The van der Waals surface area contributed by atoms with E-state index in [1.165, 1.54) is 49.9 Å². The molecule has 44 heavy (non-hydrogen) atoms. The Morgan fingerprint density at radius 3 is 1.70 bits per heavy atom. The second-order valence-electron chi connectivity index (χ2n) is 11.7. The summed E-state index contributed by atoms with van der Waals surface area (Å²) in [7, 11) is 0. The number of nitrogens with zero attached hydrogens (tertiary/aromatic N) is 2. The molecule has 0 fully saturated rings. The zero-order valence-corrected chi connectivity index (χ0v) is 23.8. The summed E-state index contributed by atoms with van der Waals surface area (Å²) < 4.78 is 6.53. The Morgan fingerprint density at radius 2 is 0.977 bits per heavy atom. The average Bonchev–Trinajstić information content (AvgIpc) is 3.44. The number of rotatable bonds is 2. The number of hydrogen-bond acceptors (Lipinski definition) is 3. The van der Waals surface area contributed by atoms with Crippen molar-refractivity contribution in [1.29, 1.82) is 0 Å². The van der Waals surface area contributed by atoms with Crippen LogP contribution < -0.4 is 26.2 Å². The molecule has 0 saturated carbocycles. The summed E-state index contributed by atoms with van der Waals surface area (Å²) in [4.78, 5) is 4.84. The molecule has 3 nitrogen and oxygen atoms in total. The molecular weight excluding hydrogens is 535 g/mol. The summed E-state index contributed by atoms with van der Waals surface area (Å²) in [6, 6.07) is 54.8. The SMILES string of the molecule is c1ccc(N2c3ccccc3B3c4ccccc4N(c4ccc5c(c4)oc4cc6ccccc6cc45)c4cccc2c43)cc1. The van der Waals surface area contributed by atoms with Crippen molar-refractivity contribution in [2.45, 2.75) is 0 Å². The van der Waals surface area contributed by atoms with Gasteiger partial charge in [0.1, 0.15) is 11.2 Å². The zero-order valence-electron chi connectivity index (χ0n) is 23.8. The van der Waals surface area contributed by atoms with Crippen LogP contribution >= 0.6 is 0 Å². The Balaban J connectivity index is 1.23. The summed E-state index contributed by atoms with van der Waals surface area (Å²) in [5.41, 5.74) is 12.9. The predicted molar refractivity (Wildman–Crippen MR) is 185 cm³/mol. The molecule has 2 aliphatic rings. The standard InChI is InChI=1S/C40H25BN2O/c1-2-13-28(14-3-1)42-34-17-8-6-15-32(34)41-33-16-7-9-18-35(33)43(37-20-10-19-36(42)40(37)41)29-21-22-30-31-23-26-11-4-5-12-27(26)24-38(31)44-39(30)25-29/h1-25H. The van der Waals surface area contributed by atoms with Crippen molar-refractivity contribution in [3.63, 3.8) is 0 Å². The minimum absolute atomic E-state index is 0.132. The molecule has 2 aliphatic heterocycles. The smallest absolute Gasteiger partial charge is 0.252 e. The third kappa shape index (κ3) is 3.22. The highest BCUT2D eigenvalue weighted by Crippen LogP contribution is 2.44. The molecule has 1 aromatic heterocycles. The predicted octanol–water partition coefficient (Wildman–Crippen LogP) is 8.82. The van der Waals surface area contributed by atoms with E-state index in [4.69, 9.17) is 4.42 Å². The molecule has 0 N–H and O–H groups in total. The number of fused-ring (bicyclic) bond motifs is 8. The van der Waals surface area contributed by atoms with Crippen molar-refractivity contribution in [3.8, 4) is 0 Å². The van der Waals surface area contributed by atoms with Crippen LogP contribution in [0.15, 0.2) is 156 Å². The summed E-state index contributed by atoms with van der Waals surface area (Å²) >= 11 is 0. The number of anilines is 6. The third-order valence-corrected chi connectivity index (χ3v) is 9.40. The van der Waals surface area contributed by atoms with E-state index in [1.54, 1.807) is 0 Å². The van der Waals surface area contributed by atoms with Crippen LogP contribution in [0.3, 0.4) is 0 Å². The van der Waals surface area contributed by atoms with Crippen molar-refractivity contribution in [1.82, 2.24) is 0 Å². The fraction of sp³-hybridized carbons (Fsp3) is 0. The molecule has 0 spiro atoms. The highest BCUT2D eigenvalue weighted by molar-refractivity contribution is 7.00. The summed E-state index contributed by atoms with van der Waals surface area (Å²) in [6.45, 7) is 0.132. The van der Waals surface area contributed by atoms with Gasteiger partial charge in [0.25, 0.3) is 6.71 Å². The molecule has 204 valence electrons. The number of furan rings is 1. The van der Waals surface area contributed by atoms with Gasteiger partial charge in [0, 0.05) is 51.0 Å². The highest BCUT2D eigenvalue weighted by atomic mass is 16.3. The van der Waals surface area contributed by atoms with Crippen molar-refractivity contribution >= 4 is 89.9 Å². The maximum absolute atomic E-state index is 6.53. The van der Waals surface area contributed by atoms with Crippen LogP contribution in [0.4, 0.5) is 34.1 Å². The number of para-hydroxylation sites is 3. The van der Waals surface area contributed by atoms with Crippen LogP contribution in [0.2, 0.25) is 0 Å². The zero-order chi connectivity index (χ0) is 28.8. The van der Waals surface area contributed by atoms with E-state index in [2.05, 4.69) is 161 Å². The molecule has 7 aromatic carbocycles. The molecule has 4 heteroatoms. The van der Waals surface area contributed by atoms with Gasteiger partial charge in [-0.1, -0.05) is 84.9 Å². The molecule has 0 atom stereocenters. The van der Waals surface area contributed by atoms with Gasteiger partial charge in [0.15, 0.2) is 0 Å². The van der Waals surface area contributed by atoms with Gasteiger partial charge in [-0.3, -0.25) is 0 Å². The normalized spacial score (nSPS) is 13.3. The van der Waals surface area contributed by atoms with E-state index in [0.717, 1.165) is 33.3 Å². The average molecular weight is 560 g/mol. The van der Waals surface area contributed by atoms with E-state index < -0.39 is 0 Å². The molecule has 0 unspecified atom stereocenters. The first-order valence-electron chi connectivity index (χ1n) is 15.1. The lowest BCUT2D eigenvalue weighted by molar-refractivity contribution is 0.669. The molecule has 0 saturated heterocycles. The molecule has 0 bridgehead atoms. The van der Waals surface area contributed by atoms with Crippen LogP contribution in [0.5, 0.6) is 0 Å². The fourth-order valence-corrected chi connectivity index (χ4v) is 7.56. The van der Waals surface area contributed by atoms with Gasteiger partial charge in [-0.15, -0.1) is 0 Å². The van der Waals surface area contributed by atoms with Gasteiger partial charge in [0.05, 0.1) is 0 Å². The van der Waals surface area contributed by atoms with Crippen LogP contribution in [0.25, 0.3) is 32.7 Å². The molecular formula is C40H25BN2O. The van der Waals surface area contributed by atoms with Crippen molar-refractivity contribution in [2.24, 2.45) is 0 Å². The first-order chi connectivity index (χ1) is 21.8. The maximum Gasteiger partial charge on any atom is 0.252 e.